The summed E-state index contributed by atoms with van der Waals surface area (Å²) in [6.45, 7) is 0.608. The molecule has 0 bridgehead atoms. The number of nitro groups is 1. The summed E-state index contributed by atoms with van der Waals surface area (Å²) in [5.41, 5.74) is -0.0317. The van der Waals surface area contributed by atoms with E-state index in [1.165, 1.54) is 6.07 Å². The highest BCUT2D eigenvalue weighted by Crippen LogP contribution is 2.25. The SMILES string of the molecule is N#Cc1cc([N+](=O)[O-])cnc1NCC1CCCC(O)C1. The molecule has 0 radical (unpaired) electrons. The van der Waals surface area contributed by atoms with Crippen molar-refractivity contribution in [3.8, 4) is 6.07 Å². The normalized spacial score (nSPS) is 22.0. The van der Waals surface area contributed by atoms with Gasteiger partial charge in [0.25, 0.3) is 5.69 Å². The summed E-state index contributed by atoms with van der Waals surface area (Å²) >= 11 is 0. The fraction of sp³-hybridized carbons (Fsp3) is 0.538. The number of nitrogens with zero attached hydrogens (tertiary/aromatic N) is 3. The predicted molar refractivity (Wildman–Crippen MR) is 72.1 cm³/mol. The summed E-state index contributed by atoms with van der Waals surface area (Å²) < 4.78 is 0. The number of aliphatic hydroxyl groups is 1. The van der Waals surface area contributed by atoms with Crippen LogP contribution < -0.4 is 5.32 Å². The van der Waals surface area contributed by atoms with Gasteiger partial charge in [0.05, 0.1) is 11.0 Å². The quantitative estimate of drug-likeness (QED) is 0.640. The molecule has 2 rings (SSSR count). The molecule has 2 unspecified atom stereocenters. The minimum absolute atomic E-state index is 0.163. The maximum Gasteiger partial charge on any atom is 0.289 e. The number of rotatable bonds is 4. The minimum Gasteiger partial charge on any atom is -0.393 e. The van der Waals surface area contributed by atoms with Crippen molar-refractivity contribution < 1.29 is 10.0 Å². The van der Waals surface area contributed by atoms with Crippen LogP contribution in [0.2, 0.25) is 0 Å². The molecule has 1 aliphatic rings. The minimum atomic E-state index is -0.574. The molecule has 1 aromatic heterocycles. The highest BCUT2D eigenvalue weighted by Gasteiger charge is 2.20. The van der Waals surface area contributed by atoms with Crippen LogP contribution in [0.25, 0.3) is 0 Å². The second-order valence-electron chi connectivity index (χ2n) is 5.03. The van der Waals surface area contributed by atoms with Crippen molar-refractivity contribution >= 4 is 11.5 Å². The van der Waals surface area contributed by atoms with Gasteiger partial charge in [-0.15, -0.1) is 0 Å². The largest absolute Gasteiger partial charge is 0.393 e. The van der Waals surface area contributed by atoms with Crippen LogP contribution in [-0.2, 0) is 0 Å². The van der Waals surface area contributed by atoms with Crippen molar-refractivity contribution in [1.82, 2.24) is 4.98 Å². The van der Waals surface area contributed by atoms with Crippen LogP contribution in [0.4, 0.5) is 11.5 Å². The molecule has 106 valence electrons. The summed E-state index contributed by atoms with van der Waals surface area (Å²) in [5.74, 6) is 0.695. The Morgan fingerprint density at radius 2 is 2.40 bits per heavy atom. The smallest absolute Gasteiger partial charge is 0.289 e. The molecule has 1 aromatic rings. The number of nitriles is 1. The third kappa shape index (κ3) is 3.42. The number of hydrogen-bond donors (Lipinski definition) is 2. The van der Waals surface area contributed by atoms with Crippen LogP contribution in [0, 0.1) is 27.4 Å². The van der Waals surface area contributed by atoms with E-state index < -0.39 is 4.92 Å². The van der Waals surface area contributed by atoms with Crippen LogP contribution in [0.5, 0.6) is 0 Å². The first kappa shape index (κ1) is 14.2. The molecular formula is C13H16N4O3. The molecule has 0 aliphatic heterocycles. The fourth-order valence-electron chi connectivity index (χ4n) is 2.47. The zero-order chi connectivity index (χ0) is 14.5. The average molecular weight is 276 g/mol. The lowest BCUT2D eigenvalue weighted by molar-refractivity contribution is -0.385. The maximum atomic E-state index is 10.6. The van der Waals surface area contributed by atoms with E-state index in [9.17, 15) is 15.2 Å². The Morgan fingerprint density at radius 1 is 1.60 bits per heavy atom. The van der Waals surface area contributed by atoms with Gasteiger partial charge < -0.3 is 10.4 Å². The molecule has 2 atom stereocenters. The van der Waals surface area contributed by atoms with Gasteiger partial charge in [-0.25, -0.2) is 4.98 Å². The first-order valence-electron chi connectivity index (χ1n) is 6.56. The lowest BCUT2D eigenvalue weighted by Crippen LogP contribution is -2.25. The summed E-state index contributed by atoms with van der Waals surface area (Å²) in [6, 6.07) is 3.12. The monoisotopic (exact) mass is 276 g/mol. The number of hydrogen-bond acceptors (Lipinski definition) is 6. The molecule has 0 saturated heterocycles. The topological polar surface area (TPSA) is 112 Å². The molecule has 7 heteroatoms. The van der Waals surface area contributed by atoms with Gasteiger partial charge in [0.2, 0.25) is 0 Å². The van der Waals surface area contributed by atoms with E-state index in [1.54, 1.807) is 0 Å². The molecule has 1 fully saturated rings. The zero-order valence-corrected chi connectivity index (χ0v) is 11.0. The lowest BCUT2D eigenvalue weighted by Gasteiger charge is -2.26. The molecule has 1 heterocycles. The highest BCUT2D eigenvalue weighted by molar-refractivity contribution is 5.55. The Bertz CT molecular complexity index is 541. The van der Waals surface area contributed by atoms with Crippen LogP contribution in [0.15, 0.2) is 12.3 Å². The van der Waals surface area contributed by atoms with Crippen molar-refractivity contribution in [3.05, 3.63) is 27.9 Å². The molecule has 1 aliphatic carbocycles. The average Bonchev–Trinajstić information content (AvgIpc) is 2.45. The van der Waals surface area contributed by atoms with Crippen LogP contribution in [-0.4, -0.2) is 27.7 Å². The zero-order valence-electron chi connectivity index (χ0n) is 11.0. The van der Waals surface area contributed by atoms with E-state index in [-0.39, 0.29) is 17.4 Å². The van der Waals surface area contributed by atoms with E-state index in [0.29, 0.717) is 18.3 Å². The number of pyridine rings is 1. The van der Waals surface area contributed by atoms with Crippen molar-refractivity contribution in [3.63, 3.8) is 0 Å². The summed E-state index contributed by atoms with van der Waals surface area (Å²) in [4.78, 5) is 14.0. The molecule has 7 nitrogen and oxygen atoms in total. The van der Waals surface area contributed by atoms with Gasteiger partial charge >= 0.3 is 0 Å². The molecular weight excluding hydrogens is 260 g/mol. The van der Waals surface area contributed by atoms with Gasteiger partial charge in [-0.2, -0.15) is 5.26 Å². The lowest BCUT2D eigenvalue weighted by atomic mass is 9.87. The predicted octanol–water partition coefficient (Wildman–Crippen LogP) is 1.82. The van der Waals surface area contributed by atoms with E-state index in [1.807, 2.05) is 6.07 Å². The van der Waals surface area contributed by atoms with Crippen LogP contribution >= 0.6 is 0 Å². The van der Waals surface area contributed by atoms with Crippen LogP contribution in [0.3, 0.4) is 0 Å². The van der Waals surface area contributed by atoms with Gasteiger partial charge in [-0.1, -0.05) is 6.42 Å². The molecule has 2 N–H and O–H groups in total. The van der Waals surface area contributed by atoms with Crippen molar-refractivity contribution in [2.24, 2.45) is 5.92 Å². The van der Waals surface area contributed by atoms with Gasteiger partial charge in [-0.3, -0.25) is 10.1 Å². The fourth-order valence-corrected chi connectivity index (χ4v) is 2.47. The Hall–Kier alpha value is -2.20. The van der Waals surface area contributed by atoms with Crippen molar-refractivity contribution in [2.45, 2.75) is 31.8 Å². The van der Waals surface area contributed by atoms with Crippen molar-refractivity contribution in [2.75, 3.05) is 11.9 Å². The Balaban J connectivity index is 2.02. The molecule has 0 aromatic carbocycles. The number of anilines is 1. The first-order chi connectivity index (χ1) is 9.60. The Labute approximate surface area is 116 Å². The highest BCUT2D eigenvalue weighted by atomic mass is 16.6. The summed E-state index contributed by atoms with van der Waals surface area (Å²) in [7, 11) is 0. The van der Waals surface area contributed by atoms with E-state index >= 15 is 0 Å². The van der Waals surface area contributed by atoms with Crippen molar-refractivity contribution in [1.29, 1.82) is 5.26 Å². The first-order valence-corrected chi connectivity index (χ1v) is 6.56. The van der Waals surface area contributed by atoms with Gasteiger partial charge in [0.15, 0.2) is 0 Å². The summed E-state index contributed by atoms with van der Waals surface area (Å²) in [6.07, 6.45) is 4.48. The number of nitrogens with one attached hydrogen (secondary N) is 1. The van der Waals surface area contributed by atoms with Crippen LogP contribution in [0.1, 0.15) is 31.2 Å². The second-order valence-corrected chi connectivity index (χ2v) is 5.03. The standard InChI is InChI=1S/C13H16N4O3/c14-6-10-5-11(17(19)20)8-16-13(10)15-7-9-2-1-3-12(18)4-9/h5,8-9,12,18H,1-4,7H2,(H,15,16). The maximum absolute atomic E-state index is 10.6. The molecule has 20 heavy (non-hydrogen) atoms. The van der Waals surface area contributed by atoms with Gasteiger partial charge in [0, 0.05) is 12.6 Å². The third-order valence-electron chi connectivity index (χ3n) is 3.52. The molecule has 1 saturated carbocycles. The molecule has 0 amide bonds. The number of aromatic nitrogens is 1. The van der Waals surface area contributed by atoms with E-state index in [4.69, 9.17) is 5.26 Å². The van der Waals surface area contributed by atoms with Gasteiger partial charge in [0.1, 0.15) is 23.6 Å². The second kappa shape index (κ2) is 6.30. The van der Waals surface area contributed by atoms with Gasteiger partial charge in [-0.05, 0) is 25.2 Å². The Morgan fingerprint density at radius 3 is 3.05 bits per heavy atom. The van der Waals surface area contributed by atoms with E-state index in [0.717, 1.165) is 31.9 Å². The molecule has 0 spiro atoms. The number of aliphatic hydroxyl groups excluding tert-OH is 1. The Kier molecular flexibility index (Phi) is 4.48. The third-order valence-corrected chi connectivity index (χ3v) is 3.52. The summed E-state index contributed by atoms with van der Waals surface area (Å²) in [5, 5.41) is 32.3. The van der Waals surface area contributed by atoms with E-state index in [2.05, 4.69) is 10.3 Å².